The van der Waals surface area contributed by atoms with E-state index in [9.17, 15) is 5.11 Å². The maximum absolute atomic E-state index is 10.0. The summed E-state index contributed by atoms with van der Waals surface area (Å²) in [6, 6.07) is 0.348. The van der Waals surface area contributed by atoms with Crippen molar-refractivity contribution in [2.75, 3.05) is 32.1 Å². The lowest BCUT2D eigenvalue weighted by molar-refractivity contribution is 0.191. The molecule has 0 spiro atoms. The lowest BCUT2D eigenvalue weighted by Gasteiger charge is -2.30. The summed E-state index contributed by atoms with van der Waals surface area (Å²) in [4.78, 5) is 13.5. The number of aromatic nitrogens is 2. The number of aryl methyl sites for hydroxylation is 1. The van der Waals surface area contributed by atoms with Gasteiger partial charge in [-0.25, -0.2) is 9.97 Å². The summed E-state index contributed by atoms with van der Waals surface area (Å²) in [6.07, 6.45) is 6.88. The van der Waals surface area contributed by atoms with Gasteiger partial charge in [0.2, 0.25) is 0 Å². The van der Waals surface area contributed by atoms with Crippen molar-refractivity contribution in [3.63, 3.8) is 0 Å². The molecule has 2 heterocycles. The Morgan fingerprint density at radius 3 is 2.90 bits per heavy atom. The van der Waals surface area contributed by atoms with Gasteiger partial charge in [-0.2, -0.15) is 0 Å². The summed E-state index contributed by atoms with van der Waals surface area (Å²) in [5.74, 6) is 1.07. The average Bonchev–Trinajstić information content (AvgIpc) is 2.78. The number of anilines is 1. The smallest absolute Gasteiger partial charge is 0.135 e. The first-order chi connectivity index (χ1) is 9.65. The topological polar surface area (TPSA) is 52.5 Å². The molecule has 1 fully saturated rings. The van der Waals surface area contributed by atoms with Crippen molar-refractivity contribution in [3.05, 3.63) is 17.6 Å². The highest BCUT2D eigenvalue weighted by Crippen LogP contribution is 2.31. The van der Waals surface area contributed by atoms with Crippen LogP contribution in [0.4, 0.5) is 5.82 Å². The molecule has 3 rings (SSSR count). The second kappa shape index (κ2) is 5.66. The van der Waals surface area contributed by atoms with E-state index >= 15 is 0 Å². The molecule has 20 heavy (non-hydrogen) atoms. The Labute approximate surface area is 120 Å². The van der Waals surface area contributed by atoms with Gasteiger partial charge in [0.15, 0.2) is 0 Å². The van der Waals surface area contributed by atoms with E-state index in [-0.39, 0.29) is 6.10 Å². The Morgan fingerprint density at radius 2 is 2.10 bits per heavy atom. The van der Waals surface area contributed by atoms with E-state index in [0.29, 0.717) is 12.6 Å². The van der Waals surface area contributed by atoms with Gasteiger partial charge in [-0.15, -0.1) is 0 Å². The lowest BCUT2D eigenvalue weighted by atomic mass is 9.96. The summed E-state index contributed by atoms with van der Waals surface area (Å²) >= 11 is 0. The van der Waals surface area contributed by atoms with Crippen molar-refractivity contribution >= 4 is 5.82 Å². The van der Waals surface area contributed by atoms with E-state index in [4.69, 9.17) is 0 Å². The molecule has 1 aliphatic carbocycles. The zero-order chi connectivity index (χ0) is 14.1. The van der Waals surface area contributed by atoms with Crippen molar-refractivity contribution in [2.24, 2.45) is 0 Å². The number of aliphatic hydroxyl groups excluding tert-OH is 1. The molecule has 1 aromatic rings. The molecular weight excluding hydrogens is 252 g/mol. The summed E-state index contributed by atoms with van der Waals surface area (Å²) in [6.45, 7) is 1.65. The molecule has 1 N–H and O–H groups in total. The summed E-state index contributed by atoms with van der Waals surface area (Å²) < 4.78 is 0. The quantitative estimate of drug-likeness (QED) is 0.887. The van der Waals surface area contributed by atoms with Crippen molar-refractivity contribution < 1.29 is 5.11 Å². The van der Waals surface area contributed by atoms with Crippen molar-refractivity contribution in [2.45, 2.75) is 44.2 Å². The molecule has 0 bridgehead atoms. The first-order valence-electron chi connectivity index (χ1n) is 7.57. The fraction of sp³-hybridized carbons (Fsp3) is 0.733. The first-order valence-corrected chi connectivity index (χ1v) is 7.57. The normalized spacial score (nSPS) is 26.1. The molecule has 2 aliphatic rings. The molecular formula is C15H24N4O. The molecule has 1 aromatic heterocycles. The number of hydrogen-bond acceptors (Lipinski definition) is 5. The maximum atomic E-state index is 10.0. The van der Waals surface area contributed by atoms with E-state index in [1.165, 1.54) is 24.1 Å². The first kappa shape index (κ1) is 13.8. The minimum absolute atomic E-state index is 0.242. The minimum atomic E-state index is -0.242. The Hall–Kier alpha value is -1.20. The Kier molecular flexibility index (Phi) is 3.89. The van der Waals surface area contributed by atoms with E-state index in [1.807, 2.05) is 0 Å². The monoisotopic (exact) mass is 276 g/mol. The van der Waals surface area contributed by atoms with E-state index < -0.39 is 0 Å². The van der Waals surface area contributed by atoms with Crippen LogP contribution in [0.2, 0.25) is 0 Å². The zero-order valence-electron chi connectivity index (χ0n) is 12.4. The number of aliphatic hydroxyl groups is 1. The third-order valence-electron chi connectivity index (χ3n) is 4.34. The van der Waals surface area contributed by atoms with Gasteiger partial charge in [0.25, 0.3) is 0 Å². The number of hydrogen-bond donors (Lipinski definition) is 1. The van der Waals surface area contributed by atoms with Crippen LogP contribution in [0.1, 0.15) is 30.5 Å². The predicted octanol–water partition coefficient (Wildman–Crippen LogP) is 0.857. The molecule has 110 valence electrons. The second-order valence-electron chi connectivity index (χ2n) is 6.29. The number of rotatable bonds is 3. The van der Waals surface area contributed by atoms with Crippen molar-refractivity contribution in [1.29, 1.82) is 0 Å². The molecule has 5 heteroatoms. The van der Waals surface area contributed by atoms with Crippen LogP contribution in [-0.2, 0) is 12.8 Å². The highest BCUT2D eigenvalue weighted by molar-refractivity contribution is 5.51. The van der Waals surface area contributed by atoms with E-state index in [0.717, 1.165) is 31.6 Å². The van der Waals surface area contributed by atoms with Gasteiger partial charge in [-0.05, 0) is 46.2 Å². The molecule has 1 saturated heterocycles. The van der Waals surface area contributed by atoms with Crippen LogP contribution in [0.5, 0.6) is 0 Å². The van der Waals surface area contributed by atoms with Gasteiger partial charge in [0.05, 0.1) is 6.10 Å². The fourth-order valence-corrected chi connectivity index (χ4v) is 3.50. The lowest BCUT2D eigenvalue weighted by Crippen LogP contribution is -2.39. The molecule has 0 amide bonds. The summed E-state index contributed by atoms with van der Waals surface area (Å²) in [5, 5.41) is 10.0. The zero-order valence-corrected chi connectivity index (χ0v) is 12.4. The third-order valence-corrected chi connectivity index (χ3v) is 4.34. The fourth-order valence-electron chi connectivity index (χ4n) is 3.50. The summed E-state index contributed by atoms with van der Waals surface area (Å²) in [5.41, 5.74) is 2.53. The molecule has 0 saturated carbocycles. The van der Waals surface area contributed by atoms with E-state index in [1.54, 1.807) is 6.33 Å². The van der Waals surface area contributed by atoms with Crippen LogP contribution >= 0.6 is 0 Å². The van der Waals surface area contributed by atoms with Gasteiger partial charge >= 0.3 is 0 Å². The molecule has 1 aliphatic heterocycles. The largest absolute Gasteiger partial charge is 0.391 e. The van der Waals surface area contributed by atoms with Gasteiger partial charge in [-0.3, -0.25) is 0 Å². The summed E-state index contributed by atoms with van der Waals surface area (Å²) in [7, 11) is 4.16. The SMILES string of the molecule is CN(C)CC1CC(O)CN1c1ncnc2c1CCCC2. The molecule has 2 atom stereocenters. The average molecular weight is 276 g/mol. The molecule has 2 unspecified atom stereocenters. The number of likely N-dealkylation sites (N-methyl/N-ethyl adjacent to an activating group) is 1. The van der Waals surface area contributed by atoms with Gasteiger partial charge in [0.1, 0.15) is 12.1 Å². The van der Waals surface area contributed by atoms with Gasteiger partial charge in [-0.1, -0.05) is 0 Å². The predicted molar refractivity (Wildman–Crippen MR) is 79.0 cm³/mol. The minimum Gasteiger partial charge on any atom is -0.391 e. The Balaban J connectivity index is 1.91. The van der Waals surface area contributed by atoms with E-state index in [2.05, 4.69) is 33.9 Å². The van der Waals surface area contributed by atoms with Crippen molar-refractivity contribution in [3.8, 4) is 0 Å². The molecule has 0 aromatic carbocycles. The second-order valence-corrected chi connectivity index (χ2v) is 6.29. The van der Waals surface area contributed by atoms with Gasteiger partial charge in [0, 0.05) is 30.4 Å². The highest BCUT2D eigenvalue weighted by Gasteiger charge is 2.34. The molecule has 0 radical (unpaired) electrons. The maximum Gasteiger partial charge on any atom is 0.135 e. The van der Waals surface area contributed by atoms with Crippen LogP contribution in [0, 0.1) is 0 Å². The van der Waals surface area contributed by atoms with Crippen LogP contribution in [0.15, 0.2) is 6.33 Å². The Morgan fingerprint density at radius 1 is 1.30 bits per heavy atom. The highest BCUT2D eigenvalue weighted by atomic mass is 16.3. The van der Waals surface area contributed by atoms with Gasteiger partial charge < -0.3 is 14.9 Å². The van der Waals surface area contributed by atoms with Crippen LogP contribution < -0.4 is 4.90 Å². The Bertz CT molecular complexity index is 477. The van der Waals surface area contributed by atoms with Crippen LogP contribution in [0.25, 0.3) is 0 Å². The molecule has 5 nitrogen and oxygen atoms in total. The third kappa shape index (κ3) is 2.65. The van der Waals surface area contributed by atoms with Crippen molar-refractivity contribution in [1.82, 2.24) is 14.9 Å². The standard InChI is InChI=1S/C15H24N4O/c1-18(2)8-11-7-12(20)9-19(11)15-13-5-3-4-6-14(13)16-10-17-15/h10-12,20H,3-9H2,1-2H3. The number of nitrogens with zero attached hydrogens (tertiary/aromatic N) is 4. The number of fused-ring (bicyclic) bond motifs is 1. The van der Waals surface area contributed by atoms with Crippen LogP contribution in [-0.4, -0.2) is 59.3 Å². The number of β-amino-alcohol motifs (C(OH)–C–C–N with tert-alkyl or cyclic N) is 1. The van der Waals surface area contributed by atoms with Crippen LogP contribution in [0.3, 0.4) is 0 Å².